The van der Waals surface area contributed by atoms with Crippen LogP contribution in [-0.4, -0.2) is 28.0 Å². The molecule has 24 heavy (non-hydrogen) atoms. The highest BCUT2D eigenvalue weighted by atomic mass is 16.1. The van der Waals surface area contributed by atoms with E-state index in [0.29, 0.717) is 46.9 Å². The SMILES string of the molecule is N#Cc1cccc(Nc2nc(NCCN)cc3nc[nH]c(=O)c23)c1. The standard InChI is InChI=1S/C16H15N7O/c17-4-5-19-13-7-12-14(16(24)21-9-20-12)15(23-13)22-11-3-1-2-10(6-11)8-18/h1-3,6-7,9H,4-5,17H2,(H2,19,22,23)(H,20,21,24). The third-order valence-corrected chi connectivity index (χ3v) is 3.33. The minimum absolute atomic E-state index is 0.295. The molecule has 0 aliphatic heterocycles. The van der Waals surface area contributed by atoms with Gasteiger partial charge in [0.2, 0.25) is 0 Å². The number of hydrogen-bond acceptors (Lipinski definition) is 7. The Bertz CT molecular complexity index is 974. The fourth-order valence-electron chi connectivity index (χ4n) is 2.27. The number of pyridine rings is 1. The largest absolute Gasteiger partial charge is 0.369 e. The molecular weight excluding hydrogens is 306 g/mol. The van der Waals surface area contributed by atoms with Crippen LogP contribution in [0.1, 0.15) is 5.56 Å². The van der Waals surface area contributed by atoms with Crippen molar-refractivity contribution in [3.8, 4) is 6.07 Å². The minimum Gasteiger partial charge on any atom is -0.369 e. The molecule has 5 N–H and O–H groups in total. The molecule has 0 amide bonds. The molecule has 2 heterocycles. The third-order valence-electron chi connectivity index (χ3n) is 3.33. The first-order valence-corrected chi connectivity index (χ1v) is 7.31. The summed E-state index contributed by atoms with van der Waals surface area (Å²) in [6.07, 6.45) is 1.34. The van der Waals surface area contributed by atoms with Crippen LogP contribution in [0.15, 0.2) is 41.5 Å². The van der Waals surface area contributed by atoms with E-state index in [1.165, 1.54) is 6.33 Å². The first-order valence-electron chi connectivity index (χ1n) is 7.31. The second kappa shape index (κ2) is 6.76. The van der Waals surface area contributed by atoms with Crippen molar-refractivity contribution in [1.82, 2.24) is 15.0 Å². The van der Waals surface area contributed by atoms with E-state index in [-0.39, 0.29) is 5.56 Å². The summed E-state index contributed by atoms with van der Waals surface area (Å²) in [4.78, 5) is 23.3. The molecule has 0 fully saturated rings. The molecule has 0 atom stereocenters. The van der Waals surface area contributed by atoms with E-state index in [9.17, 15) is 4.79 Å². The predicted molar refractivity (Wildman–Crippen MR) is 92.1 cm³/mol. The van der Waals surface area contributed by atoms with Gasteiger partial charge in [0.15, 0.2) is 0 Å². The van der Waals surface area contributed by atoms with E-state index in [4.69, 9.17) is 11.0 Å². The molecule has 120 valence electrons. The minimum atomic E-state index is -0.295. The summed E-state index contributed by atoms with van der Waals surface area (Å²) in [7, 11) is 0. The predicted octanol–water partition coefficient (Wildman–Crippen LogP) is 1.30. The van der Waals surface area contributed by atoms with Crippen molar-refractivity contribution in [1.29, 1.82) is 5.26 Å². The second-order valence-corrected chi connectivity index (χ2v) is 5.01. The number of anilines is 3. The maximum atomic E-state index is 12.2. The maximum Gasteiger partial charge on any atom is 0.262 e. The van der Waals surface area contributed by atoms with Gasteiger partial charge in [0.25, 0.3) is 5.56 Å². The Labute approximate surface area is 137 Å². The molecule has 2 aromatic heterocycles. The van der Waals surface area contributed by atoms with Crippen molar-refractivity contribution < 1.29 is 0 Å². The molecule has 0 saturated carbocycles. The van der Waals surface area contributed by atoms with Crippen LogP contribution in [0.3, 0.4) is 0 Å². The fourth-order valence-corrected chi connectivity index (χ4v) is 2.27. The number of fused-ring (bicyclic) bond motifs is 1. The fraction of sp³-hybridized carbons (Fsp3) is 0.125. The maximum absolute atomic E-state index is 12.2. The lowest BCUT2D eigenvalue weighted by Crippen LogP contribution is -2.15. The number of hydrogen-bond donors (Lipinski definition) is 4. The average molecular weight is 321 g/mol. The number of rotatable bonds is 5. The first-order chi connectivity index (χ1) is 11.7. The zero-order valence-corrected chi connectivity index (χ0v) is 12.7. The molecule has 3 aromatic rings. The van der Waals surface area contributed by atoms with Gasteiger partial charge < -0.3 is 21.4 Å². The summed E-state index contributed by atoms with van der Waals surface area (Å²) in [6, 6.07) is 10.7. The summed E-state index contributed by atoms with van der Waals surface area (Å²) >= 11 is 0. The van der Waals surface area contributed by atoms with E-state index in [1.807, 2.05) is 0 Å². The van der Waals surface area contributed by atoms with E-state index < -0.39 is 0 Å². The summed E-state index contributed by atoms with van der Waals surface area (Å²) in [6.45, 7) is 1.00. The second-order valence-electron chi connectivity index (χ2n) is 5.01. The van der Waals surface area contributed by atoms with Gasteiger partial charge in [0, 0.05) is 24.8 Å². The van der Waals surface area contributed by atoms with Crippen LogP contribution in [0.25, 0.3) is 10.9 Å². The van der Waals surface area contributed by atoms with Crippen LogP contribution >= 0.6 is 0 Å². The van der Waals surface area contributed by atoms with Gasteiger partial charge in [-0.25, -0.2) is 9.97 Å². The van der Waals surface area contributed by atoms with Crippen LogP contribution < -0.4 is 21.9 Å². The normalized spacial score (nSPS) is 10.3. The van der Waals surface area contributed by atoms with Gasteiger partial charge in [-0.05, 0) is 18.2 Å². The van der Waals surface area contributed by atoms with Gasteiger partial charge in [0.05, 0.1) is 23.5 Å². The van der Waals surface area contributed by atoms with Gasteiger partial charge >= 0.3 is 0 Å². The van der Waals surface area contributed by atoms with E-state index in [0.717, 1.165) is 0 Å². The number of aromatic nitrogens is 3. The zero-order valence-electron chi connectivity index (χ0n) is 12.7. The molecule has 0 aliphatic carbocycles. The van der Waals surface area contributed by atoms with Crippen LogP contribution in [-0.2, 0) is 0 Å². The van der Waals surface area contributed by atoms with Crippen molar-refractivity contribution in [2.75, 3.05) is 23.7 Å². The molecule has 8 nitrogen and oxygen atoms in total. The molecule has 1 aromatic carbocycles. The van der Waals surface area contributed by atoms with Gasteiger partial charge in [-0.15, -0.1) is 0 Å². The van der Waals surface area contributed by atoms with E-state index in [2.05, 4.69) is 31.7 Å². The van der Waals surface area contributed by atoms with Gasteiger partial charge in [0.1, 0.15) is 17.0 Å². The Hall–Kier alpha value is -3.44. The van der Waals surface area contributed by atoms with Crippen molar-refractivity contribution in [2.24, 2.45) is 5.73 Å². The Morgan fingerprint density at radius 3 is 3.00 bits per heavy atom. The number of nitriles is 1. The molecule has 0 aliphatic rings. The zero-order chi connectivity index (χ0) is 16.9. The highest BCUT2D eigenvalue weighted by molar-refractivity contribution is 5.92. The Kier molecular flexibility index (Phi) is 4.36. The van der Waals surface area contributed by atoms with Crippen molar-refractivity contribution in [3.63, 3.8) is 0 Å². The highest BCUT2D eigenvalue weighted by Crippen LogP contribution is 2.24. The Balaban J connectivity index is 2.10. The summed E-state index contributed by atoms with van der Waals surface area (Å²) in [5, 5.41) is 15.5. The average Bonchev–Trinajstić information content (AvgIpc) is 2.60. The molecular formula is C16H15N7O. The quantitative estimate of drug-likeness (QED) is 0.556. The first kappa shape index (κ1) is 15.5. The molecule has 0 bridgehead atoms. The summed E-state index contributed by atoms with van der Waals surface area (Å²) in [5.41, 5.74) is 6.87. The molecule has 3 rings (SSSR count). The molecule has 0 spiro atoms. The molecule has 8 heteroatoms. The molecule has 0 saturated heterocycles. The van der Waals surface area contributed by atoms with Crippen molar-refractivity contribution in [3.05, 3.63) is 52.6 Å². The van der Waals surface area contributed by atoms with Crippen LogP contribution in [0.5, 0.6) is 0 Å². The Morgan fingerprint density at radius 1 is 1.33 bits per heavy atom. The number of nitrogens with zero attached hydrogens (tertiary/aromatic N) is 3. The lowest BCUT2D eigenvalue weighted by molar-refractivity contribution is 1.01. The number of H-pyrrole nitrogens is 1. The number of nitrogens with one attached hydrogen (secondary N) is 3. The van der Waals surface area contributed by atoms with Crippen LogP contribution in [0.4, 0.5) is 17.3 Å². The van der Waals surface area contributed by atoms with Crippen molar-refractivity contribution in [2.45, 2.75) is 0 Å². The van der Waals surface area contributed by atoms with Gasteiger partial charge in [-0.3, -0.25) is 4.79 Å². The Morgan fingerprint density at radius 2 is 2.21 bits per heavy atom. The van der Waals surface area contributed by atoms with Crippen LogP contribution in [0.2, 0.25) is 0 Å². The van der Waals surface area contributed by atoms with Gasteiger partial charge in [-0.1, -0.05) is 6.07 Å². The smallest absolute Gasteiger partial charge is 0.262 e. The number of benzene rings is 1. The molecule has 0 radical (unpaired) electrons. The van der Waals surface area contributed by atoms with E-state index >= 15 is 0 Å². The monoisotopic (exact) mass is 321 g/mol. The lowest BCUT2D eigenvalue weighted by Gasteiger charge is -2.11. The van der Waals surface area contributed by atoms with Crippen molar-refractivity contribution >= 4 is 28.2 Å². The molecule has 0 unspecified atom stereocenters. The topological polar surface area (TPSA) is 133 Å². The third kappa shape index (κ3) is 3.16. The van der Waals surface area contributed by atoms with Gasteiger partial charge in [-0.2, -0.15) is 5.26 Å². The summed E-state index contributed by atoms with van der Waals surface area (Å²) < 4.78 is 0. The van der Waals surface area contributed by atoms with E-state index in [1.54, 1.807) is 30.3 Å². The number of nitrogens with two attached hydrogens (primary N) is 1. The lowest BCUT2D eigenvalue weighted by atomic mass is 10.2. The number of aromatic amines is 1. The van der Waals surface area contributed by atoms with Crippen LogP contribution in [0, 0.1) is 11.3 Å². The summed E-state index contributed by atoms with van der Waals surface area (Å²) in [5.74, 6) is 0.918. The highest BCUT2D eigenvalue weighted by Gasteiger charge is 2.11.